The van der Waals surface area contributed by atoms with Crippen molar-refractivity contribution in [2.24, 2.45) is 64.1 Å². The minimum atomic E-state index is -0.631. The van der Waals surface area contributed by atoms with E-state index in [1.807, 2.05) is 0 Å². The molecule has 0 heterocycles. The molecule has 5 rings (SSSR count). The van der Waals surface area contributed by atoms with Gasteiger partial charge in [0.05, 0.1) is 6.10 Å². The molecule has 0 amide bonds. The first-order valence-corrected chi connectivity index (χ1v) is 16.6. The monoisotopic (exact) mass is 512 g/mol. The Hall–Kier alpha value is -0.340. The number of hydrogen-bond acceptors (Lipinski definition) is 2. The lowest BCUT2D eigenvalue weighted by Crippen LogP contribution is -2.54. The quantitative estimate of drug-likeness (QED) is 0.276. The fourth-order valence-corrected chi connectivity index (χ4v) is 11.4. The summed E-state index contributed by atoms with van der Waals surface area (Å²) in [6.07, 6.45) is 19.9. The second-order valence-electron chi connectivity index (χ2n) is 15.8. The van der Waals surface area contributed by atoms with Crippen LogP contribution in [0.4, 0.5) is 0 Å². The lowest BCUT2D eigenvalue weighted by molar-refractivity contribution is -0.0837. The molecule has 0 spiro atoms. The summed E-state index contributed by atoms with van der Waals surface area (Å²) in [7, 11) is 0. The van der Waals surface area contributed by atoms with E-state index in [1.54, 1.807) is 0 Å². The summed E-state index contributed by atoms with van der Waals surface area (Å²) in [4.78, 5) is 0. The zero-order chi connectivity index (χ0) is 26.5. The van der Waals surface area contributed by atoms with Crippen molar-refractivity contribution in [3.05, 3.63) is 11.6 Å². The van der Waals surface area contributed by atoms with E-state index in [1.165, 1.54) is 76.2 Å². The van der Waals surface area contributed by atoms with E-state index in [4.69, 9.17) is 0 Å². The predicted molar refractivity (Wildman–Crippen MR) is 155 cm³/mol. The van der Waals surface area contributed by atoms with Crippen LogP contribution in [-0.2, 0) is 0 Å². The molecule has 3 unspecified atom stereocenters. The Labute approximate surface area is 229 Å². The van der Waals surface area contributed by atoms with E-state index in [2.05, 4.69) is 47.6 Å². The first kappa shape index (κ1) is 28.2. The van der Waals surface area contributed by atoms with Gasteiger partial charge in [-0.05, 0) is 127 Å². The Morgan fingerprint density at radius 1 is 0.892 bits per heavy atom. The fraction of sp³-hybridized carbons (Fsp3) is 0.943. The molecular weight excluding hydrogens is 452 g/mol. The normalized spacial score (nSPS) is 47.9. The van der Waals surface area contributed by atoms with E-state index in [0.717, 1.165) is 66.6 Å². The van der Waals surface area contributed by atoms with Gasteiger partial charge in [0.2, 0.25) is 0 Å². The molecule has 2 N–H and O–H groups in total. The molecule has 4 saturated carbocycles. The van der Waals surface area contributed by atoms with Crippen LogP contribution in [0.1, 0.15) is 131 Å². The second-order valence-corrected chi connectivity index (χ2v) is 15.8. The molecule has 212 valence electrons. The molecule has 0 saturated heterocycles. The molecule has 0 bridgehead atoms. The first-order chi connectivity index (χ1) is 17.6. The number of aliphatic hydroxyl groups is 2. The number of rotatable bonds is 6. The number of allylic oxidation sites excluding steroid dienone is 1. The van der Waals surface area contributed by atoms with Gasteiger partial charge in [-0.15, -0.1) is 0 Å². The van der Waals surface area contributed by atoms with Crippen molar-refractivity contribution in [2.75, 3.05) is 0 Å². The van der Waals surface area contributed by atoms with Gasteiger partial charge >= 0.3 is 0 Å². The van der Waals surface area contributed by atoms with Crippen molar-refractivity contribution in [1.29, 1.82) is 0 Å². The minimum Gasteiger partial charge on any atom is -0.390 e. The van der Waals surface area contributed by atoms with E-state index >= 15 is 0 Å². The number of aliphatic hydroxyl groups excluding tert-OH is 2. The molecule has 2 heteroatoms. The number of hydrogen-bond donors (Lipinski definition) is 2. The summed E-state index contributed by atoms with van der Waals surface area (Å²) in [6.45, 7) is 15.2. The molecule has 5 aliphatic rings. The first-order valence-electron chi connectivity index (χ1n) is 16.6. The van der Waals surface area contributed by atoms with Crippen molar-refractivity contribution in [1.82, 2.24) is 0 Å². The van der Waals surface area contributed by atoms with Crippen molar-refractivity contribution >= 4 is 0 Å². The average molecular weight is 513 g/mol. The van der Waals surface area contributed by atoms with Crippen molar-refractivity contribution in [3.8, 4) is 0 Å². The smallest absolute Gasteiger partial charge is 0.101 e. The molecule has 5 aliphatic carbocycles. The van der Waals surface area contributed by atoms with Crippen LogP contribution in [0.3, 0.4) is 0 Å². The third kappa shape index (κ3) is 5.03. The SMILES string of the molecule is CC(C)CCC(C1CCCCC(C)C1)[C@@H](C)[C@H]1CC[C@H]2[C@@H]3CC=C4[C@@H](O)[C@@H](O)CC[C@]4(C)[C@H]3CC[C@]12C. The second kappa shape index (κ2) is 10.9. The van der Waals surface area contributed by atoms with Crippen molar-refractivity contribution in [2.45, 2.75) is 144 Å². The van der Waals surface area contributed by atoms with Crippen LogP contribution in [0.15, 0.2) is 11.6 Å². The molecule has 0 aromatic heterocycles. The average Bonchev–Trinajstić information content (AvgIpc) is 3.06. The summed E-state index contributed by atoms with van der Waals surface area (Å²) >= 11 is 0. The molecular formula is C35H60O2. The minimum absolute atomic E-state index is 0.100. The Morgan fingerprint density at radius 3 is 2.41 bits per heavy atom. The molecule has 4 fully saturated rings. The van der Waals surface area contributed by atoms with Crippen LogP contribution < -0.4 is 0 Å². The highest BCUT2D eigenvalue weighted by molar-refractivity contribution is 5.29. The van der Waals surface area contributed by atoms with Crippen LogP contribution in [0.2, 0.25) is 0 Å². The standard InChI is InChI=1S/C35H60O2/c1-22(2)11-12-26(25-10-8-7-9-23(3)21-25)24(4)28-15-16-29-27-13-14-31-33(37)32(36)18-20-35(31,6)30(27)17-19-34(28,29)5/h14,22-30,32-33,36-37H,7-13,15-21H2,1-6H3/t23?,24-,25?,26?,27+,28-,29+,30+,32+,33-,34-,35-/m1/s1. The maximum Gasteiger partial charge on any atom is 0.101 e. The summed E-state index contributed by atoms with van der Waals surface area (Å²) in [5.74, 6) is 7.62. The van der Waals surface area contributed by atoms with Gasteiger partial charge in [0.25, 0.3) is 0 Å². The van der Waals surface area contributed by atoms with Gasteiger partial charge in [-0.3, -0.25) is 0 Å². The van der Waals surface area contributed by atoms with Crippen LogP contribution >= 0.6 is 0 Å². The van der Waals surface area contributed by atoms with Gasteiger partial charge < -0.3 is 10.2 Å². The Bertz CT molecular complexity index is 816. The molecule has 0 aliphatic heterocycles. The van der Waals surface area contributed by atoms with Crippen LogP contribution in [0.25, 0.3) is 0 Å². The molecule has 2 nitrogen and oxygen atoms in total. The zero-order valence-electron chi connectivity index (χ0n) is 25.2. The Morgan fingerprint density at radius 2 is 1.65 bits per heavy atom. The molecule has 0 radical (unpaired) electrons. The highest BCUT2D eigenvalue weighted by atomic mass is 16.3. The molecule has 0 aromatic rings. The summed E-state index contributed by atoms with van der Waals surface area (Å²) < 4.78 is 0. The van der Waals surface area contributed by atoms with E-state index in [0.29, 0.717) is 11.3 Å². The highest BCUT2D eigenvalue weighted by Gasteiger charge is 2.60. The molecule has 37 heavy (non-hydrogen) atoms. The number of fused-ring (bicyclic) bond motifs is 5. The highest BCUT2D eigenvalue weighted by Crippen LogP contribution is 2.68. The van der Waals surface area contributed by atoms with Crippen molar-refractivity contribution < 1.29 is 10.2 Å². The van der Waals surface area contributed by atoms with Gasteiger partial charge in [-0.1, -0.05) is 79.7 Å². The Kier molecular flexibility index (Phi) is 8.32. The maximum absolute atomic E-state index is 10.9. The van der Waals surface area contributed by atoms with Gasteiger partial charge in [0.1, 0.15) is 6.10 Å². The van der Waals surface area contributed by atoms with Crippen molar-refractivity contribution in [3.63, 3.8) is 0 Å². The Balaban J connectivity index is 1.37. The largest absolute Gasteiger partial charge is 0.390 e. The summed E-state index contributed by atoms with van der Waals surface area (Å²) in [5.41, 5.74) is 1.78. The van der Waals surface area contributed by atoms with E-state index in [-0.39, 0.29) is 5.41 Å². The van der Waals surface area contributed by atoms with Gasteiger partial charge in [-0.25, -0.2) is 0 Å². The van der Waals surface area contributed by atoms with Crippen LogP contribution in [0.5, 0.6) is 0 Å². The van der Waals surface area contributed by atoms with Crippen LogP contribution in [0, 0.1) is 64.1 Å². The summed E-state index contributed by atoms with van der Waals surface area (Å²) in [6, 6.07) is 0. The lowest BCUT2D eigenvalue weighted by Gasteiger charge is -2.59. The van der Waals surface area contributed by atoms with Crippen LogP contribution in [-0.4, -0.2) is 22.4 Å². The fourth-order valence-electron chi connectivity index (χ4n) is 11.4. The third-order valence-electron chi connectivity index (χ3n) is 13.5. The predicted octanol–water partition coefficient (Wildman–Crippen LogP) is 8.80. The third-order valence-corrected chi connectivity index (χ3v) is 13.5. The van der Waals surface area contributed by atoms with E-state index in [9.17, 15) is 10.2 Å². The lowest BCUT2D eigenvalue weighted by atomic mass is 9.46. The molecule has 12 atom stereocenters. The zero-order valence-corrected chi connectivity index (χ0v) is 25.2. The van der Waals surface area contributed by atoms with Gasteiger partial charge in [0, 0.05) is 0 Å². The molecule has 0 aromatic carbocycles. The van der Waals surface area contributed by atoms with Gasteiger partial charge in [-0.2, -0.15) is 0 Å². The summed E-state index contributed by atoms with van der Waals surface area (Å²) in [5, 5.41) is 21.3. The topological polar surface area (TPSA) is 40.5 Å². The maximum atomic E-state index is 10.9. The van der Waals surface area contributed by atoms with Gasteiger partial charge in [0.15, 0.2) is 0 Å². The van der Waals surface area contributed by atoms with E-state index < -0.39 is 12.2 Å².